The first-order valence-corrected chi connectivity index (χ1v) is 3.47. The van der Waals surface area contributed by atoms with Crippen molar-refractivity contribution in [3.05, 3.63) is 30.1 Å². The summed E-state index contributed by atoms with van der Waals surface area (Å²) < 4.78 is 4.95. The molecule has 0 bridgehead atoms. The molecular formula is C9H9NO2. The first-order valence-electron chi connectivity index (χ1n) is 3.47. The molecule has 0 saturated heterocycles. The fourth-order valence-corrected chi connectivity index (χ4v) is 0.789. The second kappa shape index (κ2) is 4.28. The molecule has 3 nitrogen and oxygen atoms in total. The summed E-state index contributed by atoms with van der Waals surface area (Å²) in [6.07, 6.45) is 7.07. The average Bonchev–Trinajstić information content (AvgIpc) is 2.15. The van der Waals surface area contributed by atoms with Crippen molar-refractivity contribution in [1.29, 1.82) is 0 Å². The Morgan fingerprint density at radius 2 is 2.33 bits per heavy atom. The molecule has 3 heteroatoms. The zero-order valence-corrected chi connectivity index (χ0v) is 6.73. The van der Waals surface area contributed by atoms with Crippen LogP contribution in [0.4, 0.5) is 0 Å². The third-order valence-corrected chi connectivity index (χ3v) is 1.34. The Morgan fingerprint density at radius 1 is 1.50 bits per heavy atom. The van der Waals surface area contributed by atoms with Gasteiger partial charge in [-0.3, -0.25) is 9.78 Å². The highest BCUT2D eigenvalue weighted by Gasteiger charge is 1.91. The van der Waals surface area contributed by atoms with Crippen molar-refractivity contribution in [2.75, 3.05) is 7.11 Å². The van der Waals surface area contributed by atoms with Gasteiger partial charge in [0.25, 0.3) is 0 Å². The minimum absolute atomic E-state index is 0.683. The molecule has 1 aromatic heterocycles. The molecule has 62 valence electrons. The van der Waals surface area contributed by atoms with E-state index in [2.05, 4.69) is 4.98 Å². The number of hydrogen-bond acceptors (Lipinski definition) is 3. The smallest absolute Gasteiger partial charge is 0.142 e. The van der Waals surface area contributed by atoms with E-state index in [-0.39, 0.29) is 0 Å². The quantitative estimate of drug-likeness (QED) is 0.498. The third-order valence-electron chi connectivity index (χ3n) is 1.34. The fourth-order valence-electron chi connectivity index (χ4n) is 0.789. The molecule has 0 unspecified atom stereocenters. The summed E-state index contributed by atoms with van der Waals surface area (Å²) in [4.78, 5) is 13.9. The molecule has 0 aliphatic heterocycles. The van der Waals surface area contributed by atoms with E-state index in [9.17, 15) is 4.79 Å². The van der Waals surface area contributed by atoms with Gasteiger partial charge in [0.1, 0.15) is 12.0 Å². The van der Waals surface area contributed by atoms with Crippen molar-refractivity contribution >= 4 is 12.4 Å². The van der Waals surface area contributed by atoms with Gasteiger partial charge in [-0.15, -0.1) is 0 Å². The van der Waals surface area contributed by atoms with Crippen LogP contribution in [0.5, 0.6) is 5.75 Å². The number of carbonyl (C=O) groups is 1. The van der Waals surface area contributed by atoms with Crippen LogP contribution in [-0.2, 0) is 4.79 Å². The number of hydrogen-bond donors (Lipinski definition) is 0. The van der Waals surface area contributed by atoms with E-state index in [1.165, 1.54) is 6.08 Å². The van der Waals surface area contributed by atoms with Crippen LogP contribution in [0.25, 0.3) is 6.08 Å². The molecule has 0 aliphatic carbocycles. The van der Waals surface area contributed by atoms with E-state index < -0.39 is 0 Å². The highest BCUT2D eigenvalue weighted by atomic mass is 16.5. The van der Waals surface area contributed by atoms with E-state index in [0.29, 0.717) is 5.75 Å². The molecular weight excluding hydrogens is 154 g/mol. The molecule has 0 saturated carbocycles. The van der Waals surface area contributed by atoms with Crippen molar-refractivity contribution in [1.82, 2.24) is 4.98 Å². The van der Waals surface area contributed by atoms with E-state index in [1.54, 1.807) is 31.6 Å². The lowest BCUT2D eigenvalue weighted by Crippen LogP contribution is -1.84. The van der Waals surface area contributed by atoms with Gasteiger partial charge in [0.15, 0.2) is 0 Å². The SMILES string of the molecule is COc1cncc(C=CC=O)c1. The number of ether oxygens (including phenoxy) is 1. The van der Waals surface area contributed by atoms with Gasteiger partial charge in [-0.2, -0.15) is 0 Å². The number of aromatic nitrogens is 1. The van der Waals surface area contributed by atoms with Crippen LogP contribution in [-0.4, -0.2) is 18.4 Å². The van der Waals surface area contributed by atoms with Gasteiger partial charge in [-0.25, -0.2) is 0 Å². The lowest BCUT2D eigenvalue weighted by atomic mass is 10.2. The topological polar surface area (TPSA) is 39.2 Å². The van der Waals surface area contributed by atoms with Crippen LogP contribution in [0.15, 0.2) is 24.5 Å². The number of nitrogens with zero attached hydrogens (tertiary/aromatic N) is 1. The van der Waals surface area contributed by atoms with Crippen LogP contribution >= 0.6 is 0 Å². The van der Waals surface area contributed by atoms with Gasteiger partial charge in [0.05, 0.1) is 13.3 Å². The summed E-state index contributed by atoms with van der Waals surface area (Å²) in [6.45, 7) is 0. The second-order valence-electron chi connectivity index (χ2n) is 2.15. The van der Waals surface area contributed by atoms with Crippen LogP contribution in [0.3, 0.4) is 0 Å². The molecule has 0 radical (unpaired) electrons. The van der Waals surface area contributed by atoms with E-state index in [1.807, 2.05) is 0 Å². The Balaban J connectivity index is 2.86. The van der Waals surface area contributed by atoms with Crippen molar-refractivity contribution in [2.45, 2.75) is 0 Å². The van der Waals surface area contributed by atoms with Gasteiger partial charge >= 0.3 is 0 Å². The van der Waals surface area contributed by atoms with E-state index in [0.717, 1.165) is 11.8 Å². The van der Waals surface area contributed by atoms with Crippen molar-refractivity contribution < 1.29 is 9.53 Å². The van der Waals surface area contributed by atoms with Gasteiger partial charge in [0, 0.05) is 6.20 Å². The van der Waals surface area contributed by atoms with E-state index in [4.69, 9.17) is 4.74 Å². The monoisotopic (exact) mass is 163 g/mol. The first-order chi connectivity index (χ1) is 5.86. The third kappa shape index (κ3) is 2.20. The molecule has 1 heterocycles. The highest BCUT2D eigenvalue weighted by Crippen LogP contribution is 2.10. The first kappa shape index (κ1) is 8.46. The molecule has 0 amide bonds. The number of aldehydes is 1. The predicted octanol–water partition coefficient (Wildman–Crippen LogP) is 1.30. The molecule has 0 atom stereocenters. The normalized spacial score (nSPS) is 10.1. The maximum atomic E-state index is 9.99. The minimum Gasteiger partial charge on any atom is -0.495 e. The number of carbonyl (C=O) groups excluding carboxylic acids is 1. The number of methoxy groups -OCH3 is 1. The Morgan fingerprint density at radius 3 is 3.00 bits per heavy atom. The number of pyridine rings is 1. The molecule has 1 rings (SSSR count). The van der Waals surface area contributed by atoms with E-state index >= 15 is 0 Å². The minimum atomic E-state index is 0.683. The molecule has 0 N–H and O–H groups in total. The van der Waals surface area contributed by atoms with Gasteiger partial charge in [0.2, 0.25) is 0 Å². The Bertz CT molecular complexity index is 294. The van der Waals surface area contributed by atoms with Gasteiger partial charge < -0.3 is 4.74 Å². The second-order valence-corrected chi connectivity index (χ2v) is 2.15. The van der Waals surface area contributed by atoms with Crippen LogP contribution in [0.1, 0.15) is 5.56 Å². The summed E-state index contributed by atoms with van der Waals surface area (Å²) in [5, 5.41) is 0. The summed E-state index contributed by atoms with van der Waals surface area (Å²) in [5.41, 5.74) is 0.849. The van der Waals surface area contributed by atoms with Crippen molar-refractivity contribution in [2.24, 2.45) is 0 Å². The lowest BCUT2D eigenvalue weighted by molar-refractivity contribution is -0.104. The van der Waals surface area contributed by atoms with Gasteiger partial charge in [-0.05, 0) is 17.7 Å². The lowest BCUT2D eigenvalue weighted by Gasteiger charge is -1.98. The molecule has 1 aromatic rings. The van der Waals surface area contributed by atoms with Crippen LogP contribution < -0.4 is 4.74 Å². The molecule has 12 heavy (non-hydrogen) atoms. The standard InChI is InChI=1S/C9H9NO2/c1-12-9-5-8(3-2-4-11)6-10-7-9/h2-7H,1H3. The highest BCUT2D eigenvalue weighted by molar-refractivity contribution is 5.73. The maximum Gasteiger partial charge on any atom is 0.142 e. The summed E-state index contributed by atoms with van der Waals surface area (Å²) in [7, 11) is 1.57. The fraction of sp³-hybridized carbons (Fsp3) is 0.111. The average molecular weight is 163 g/mol. The number of rotatable bonds is 3. The molecule has 0 spiro atoms. The Kier molecular flexibility index (Phi) is 3.02. The van der Waals surface area contributed by atoms with Crippen LogP contribution in [0, 0.1) is 0 Å². The van der Waals surface area contributed by atoms with Crippen molar-refractivity contribution in [3.8, 4) is 5.75 Å². The zero-order chi connectivity index (χ0) is 8.81. The Hall–Kier alpha value is -1.64. The zero-order valence-electron chi connectivity index (χ0n) is 6.73. The van der Waals surface area contributed by atoms with Crippen LogP contribution in [0.2, 0.25) is 0 Å². The molecule has 0 aliphatic rings. The summed E-state index contributed by atoms with van der Waals surface area (Å²) in [5.74, 6) is 0.683. The molecule has 0 aromatic carbocycles. The molecule has 0 fully saturated rings. The summed E-state index contributed by atoms with van der Waals surface area (Å²) in [6, 6.07) is 1.80. The number of allylic oxidation sites excluding steroid dienone is 1. The van der Waals surface area contributed by atoms with Gasteiger partial charge in [-0.1, -0.05) is 6.08 Å². The maximum absolute atomic E-state index is 9.99. The largest absolute Gasteiger partial charge is 0.495 e. The predicted molar refractivity (Wildman–Crippen MR) is 45.9 cm³/mol. The Labute approximate surface area is 70.7 Å². The van der Waals surface area contributed by atoms with Crippen molar-refractivity contribution in [3.63, 3.8) is 0 Å². The summed E-state index contributed by atoms with van der Waals surface area (Å²) >= 11 is 0.